The number of aryl methyl sites for hydroxylation is 2. The third-order valence-corrected chi connectivity index (χ3v) is 3.21. The van der Waals surface area contributed by atoms with Gasteiger partial charge in [-0.3, -0.25) is 4.98 Å². The number of hydrogen-bond acceptors (Lipinski definition) is 3. The molecule has 0 atom stereocenters. The summed E-state index contributed by atoms with van der Waals surface area (Å²) in [7, 11) is 0. The van der Waals surface area contributed by atoms with Gasteiger partial charge in [0.2, 0.25) is 5.88 Å². The van der Waals surface area contributed by atoms with Gasteiger partial charge in [-0.05, 0) is 25.5 Å². The SMILES string of the molecule is Cc1cnc(C)c(Oc2ccccc2-c2ccccc2)n1. The summed E-state index contributed by atoms with van der Waals surface area (Å²) in [5.74, 6) is 1.34. The molecule has 0 saturated carbocycles. The summed E-state index contributed by atoms with van der Waals surface area (Å²) in [6.45, 7) is 3.80. The van der Waals surface area contributed by atoms with Gasteiger partial charge < -0.3 is 4.74 Å². The molecule has 0 saturated heterocycles. The molecule has 0 aliphatic carbocycles. The lowest BCUT2D eigenvalue weighted by Gasteiger charge is -2.12. The molecule has 2 aromatic carbocycles. The summed E-state index contributed by atoms with van der Waals surface area (Å²) in [6, 6.07) is 18.1. The topological polar surface area (TPSA) is 35.0 Å². The number of rotatable bonds is 3. The Bertz CT molecular complexity index is 754. The van der Waals surface area contributed by atoms with E-state index in [2.05, 4.69) is 22.1 Å². The van der Waals surface area contributed by atoms with E-state index in [9.17, 15) is 0 Å². The average molecular weight is 276 g/mol. The standard InChI is InChI=1S/C18H16N2O/c1-13-12-19-14(2)18(20-13)21-17-11-7-6-10-16(17)15-8-4-3-5-9-15/h3-12H,1-2H3. The lowest BCUT2D eigenvalue weighted by molar-refractivity contribution is 0.455. The molecule has 0 bridgehead atoms. The summed E-state index contributed by atoms with van der Waals surface area (Å²) in [5, 5.41) is 0. The molecule has 0 N–H and O–H groups in total. The molecule has 0 amide bonds. The molecular formula is C18H16N2O. The third-order valence-electron chi connectivity index (χ3n) is 3.21. The van der Waals surface area contributed by atoms with Crippen LogP contribution in [-0.4, -0.2) is 9.97 Å². The Morgan fingerprint density at radius 3 is 2.38 bits per heavy atom. The second kappa shape index (κ2) is 5.75. The molecule has 0 fully saturated rings. The van der Waals surface area contributed by atoms with Crippen LogP contribution in [0.3, 0.4) is 0 Å². The van der Waals surface area contributed by atoms with Crippen molar-refractivity contribution in [3.63, 3.8) is 0 Å². The van der Waals surface area contributed by atoms with Crippen molar-refractivity contribution in [3.8, 4) is 22.8 Å². The molecule has 0 aliphatic heterocycles. The van der Waals surface area contributed by atoms with E-state index in [1.165, 1.54) is 0 Å². The Morgan fingerprint density at radius 1 is 0.857 bits per heavy atom. The minimum Gasteiger partial charge on any atom is -0.437 e. The van der Waals surface area contributed by atoms with Gasteiger partial charge in [0.25, 0.3) is 0 Å². The maximum Gasteiger partial charge on any atom is 0.241 e. The van der Waals surface area contributed by atoms with Crippen molar-refractivity contribution in [2.24, 2.45) is 0 Å². The Balaban J connectivity index is 2.02. The van der Waals surface area contributed by atoms with Gasteiger partial charge in [0.05, 0.1) is 11.4 Å². The van der Waals surface area contributed by atoms with Gasteiger partial charge in [0.15, 0.2) is 0 Å². The molecule has 3 aromatic rings. The van der Waals surface area contributed by atoms with Crippen molar-refractivity contribution >= 4 is 0 Å². The molecule has 0 spiro atoms. The molecule has 0 aliphatic rings. The first kappa shape index (κ1) is 13.3. The van der Waals surface area contributed by atoms with Crippen LogP contribution in [-0.2, 0) is 0 Å². The van der Waals surface area contributed by atoms with Gasteiger partial charge in [0.1, 0.15) is 5.75 Å². The first-order chi connectivity index (χ1) is 10.2. The van der Waals surface area contributed by atoms with Crippen molar-refractivity contribution in [1.82, 2.24) is 9.97 Å². The van der Waals surface area contributed by atoms with E-state index in [1.54, 1.807) is 6.20 Å². The highest BCUT2D eigenvalue weighted by atomic mass is 16.5. The minimum atomic E-state index is 0.554. The van der Waals surface area contributed by atoms with Crippen LogP contribution >= 0.6 is 0 Å². The third kappa shape index (κ3) is 2.92. The fourth-order valence-electron chi connectivity index (χ4n) is 2.13. The van der Waals surface area contributed by atoms with Gasteiger partial charge in [-0.1, -0.05) is 48.5 Å². The number of ether oxygens (including phenoxy) is 1. The van der Waals surface area contributed by atoms with E-state index in [0.717, 1.165) is 28.3 Å². The molecule has 0 radical (unpaired) electrons. The average Bonchev–Trinajstić information content (AvgIpc) is 2.52. The van der Waals surface area contributed by atoms with Crippen LogP contribution in [0.2, 0.25) is 0 Å². The van der Waals surface area contributed by atoms with Crippen LogP contribution < -0.4 is 4.74 Å². The van der Waals surface area contributed by atoms with E-state index in [1.807, 2.05) is 56.3 Å². The summed E-state index contributed by atoms with van der Waals surface area (Å²) < 4.78 is 6.00. The van der Waals surface area contributed by atoms with Crippen LogP contribution in [0, 0.1) is 13.8 Å². The van der Waals surface area contributed by atoms with Crippen LogP contribution in [0.25, 0.3) is 11.1 Å². The van der Waals surface area contributed by atoms with E-state index in [0.29, 0.717) is 5.88 Å². The Kier molecular flexibility index (Phi) is 3.65. The molecule has 3 rings (SSSR count). The van der Waals surface area contributed by atoms with Gasteiger partial charge in [-0.25, -0.2) is 4.98 Å². The number of para-hydroxylation sites is 1. The number of hydrogen-bond donors (Lipinski definition) is 0. The molecule has 3 heteroatoms. The monoisotopic (exact) mass is 276 g/mol. The van der Waals surface area contributed by atoms with Crippen molar-refractivity contribution < 1.29 is 4.74 Å². The molecule has 0 unspecified atom stereocenters. The number of aromatic nitrogens is 2. The predicted octanol–water partition coefficient (Wildman–Crippen LogP) is 4.55. The van der Waals surface area contributed by atoms with Gasteiger partial charge >= 0.3 is 0 Å². The van der Waals surface area contributed by atoms with Crippen molar-refractivity contribution in [3.05, 3.63) is 72.2 Å². The highest BCUT2D eigenvalue weighted by molar-refractivity contribution is 5.70. The van der Waals surface area contributed by atoms with Crippen LogP contribution in [0.4, 0.5) is 0 Å². The van der Waals surface area contributed by atoms with Crippen LogP contribution in [0.15, 0.2) is 60.8 Å². The molecule has 1 aromatic heterocycles. The van der Waals surface area contributed by atoms with E-state index in [-0.39, 0.29) is 0 Å². The summed E-state index contributed by atoms with van der Waals surface area (Å²) in [4.78, 5) is 8.71. The second-order valence-electron chi connectivity index (χ2n) is 4.87. The van der Waals surface area contributed by atoms with Gasteiger partial charge in [-0.2, -0.15) is 0 Å². The number of nitrogens with zero attached hydrogens (tertiary/aromatic N) is 2. The zero-order valence-electron chi connectivity index (χ0n) is 12.1. The smallest absolute Gasteiger partial charge is 0.241 e. The molecular weight excluding hydrogens is 260 g/mol. The molecule has 1 heterocycles. The normalized spacial score (nSPS) is 10.4. The van der Waals surface area contributed by atoms with E-state index < -0.39 is 0 Å². The van der Waals surface area contributed by atoms with Crippen molar-refractivity contribution in [1.29, 1.82) is 0 Å². The van der Waals surface area contributed by atoms with Crippen molar-refractivity contribution in [2.75, 3.05) is 0 Å². The lowest BCUT2D eigenvalue weighted by atomic mass is 10.1. The van der Waals surface area contributed by atoms with Crippen LogP contribution in [0.5, 0.6) is 11.6 Å². The van der Waals surface area contributed by atoms with Crippen LogP contribution in [0.1, 0.15) is 11.4 Å². The Morgan fingerprint density at radius 2 is 1.57 bits per heavy atom. The highest BCUT2D eigenvalue weighted by Crippen LogP contribution is 2.33. The second-order valence-corrected chi connectivity index (χ2v) is 4.87. The Hall–Kier alpha value is -2.68. The number of benzene rings is 2. The van der Waals surface area contributed by atoms with E-state index >= 15 is 0 Å². The summed E-state index contributed by atoms with van der Waals surface area (Å²) in [6.07, 6.45) is 1.74. The lowest BCUT2D eigenvalue weighted by Crippen LogP contribution is -1.97. The zero-order valence-corrected chi connectivity index (χ0v) is 12.1. The largest absolute Gasteiger partial charge is 0.437 e. The predicted molar refractivity (Wildman–Crippen MR) is 83.5 cm³/mol. The first-order valence-corrected chi connectivity index (χ1v) is 6.86. The Labute approximate surface area is 124 Å². The minimum absolute atomic E-state index is 0.554. The molecule has 21 heavy (non-hydrogen) atoms. The fourth-order valence-corrected chi connectivity index (χ4v) is 2.13. The summed E-state index contributed by atoms with van der Waals surface area (Å²) in [5.41, 5.74) is 3.78. The van der Waals surface area contributed by atoms with E-state index in [4.69, 9.17) is 4.74 Å². The fraction of sp³-hybridized carbons (Fsp3) is 0.111. The van der Waals surface area contributed by atoms with Gasteiger partial charge in [0, 0.05) is 11.8 Å². The first-order valence-electron chi connectivity index (χ1n) is 6.86. The van der Waals surface area contributed by atoms with Crippen molar-refractivity contribution in [2.45, 2.75) is 13.8 Å². The zero-order chi connectivity index (χ0) is 14.7. The molecule has 104 valence electrons. The maximum absolute atomic E-state index is 6.00. The van der Waals surface area contributed by atoms with Gasteiger partial charge in [-0.15, -0.1) is 0 Å². The quantitative estimate of drug-likeness (QED) is 0.703. The summed E-state index contributed by atoms with van der Waals surface area (Å²) >= 11 is 0. The highest BCUT2D eigenvalue weighted by Gasteiger charge is 2.09. The maximum atomic E-state index is 6.00. The molecule has 3 nitrogen and oxygen atoms in total.